The van der Waals surface area contributed by atoms with E-state index < -0.39 is 0 Å². The molecular weight excluding hydrogens is 308 g/mol. The third-order valence-corrected chi connectivity index (χ3v) is 3.89. The summed E-state index contributed by atoms with van der Waals surface area (Å²) in [6.07, 6.45) is 3.35. The number of anilines is 1. The van der Waals surface area contributed by atoms with E-state index in [-0.39, 0.29) is 6.03 Å². The number of hydrogen-bond donors (Lipinski definition) is 2. The quantitative estimate of drug-likeness (QED) is 0.757. The van der Waals surface area contributed by atoms with Gasteiger partial charge in [-0.15, -0.1) is 0 Å². The van der Waals surface area contributed by atoms with Crippen LogP contribution >= 0.6 is 11.6 Å². The molecule has 2 rings (SSSR count). The standard InChI is InChI=1S/C19H21ClN2O/c1-13(2)16-9-6-7-14(3)18(16)22-19(23)21-12-11-15-8-4-5-10-17(15)20/h4-13H,1-3H3,(H2,21,22,23)/b12-11+. The molecule has 0 aliphatic carbocycles. The third kappa shape index (κ3) is 4.60. The molecule has 0 saturated heterocycles. The van der Waals surface area contributed by atoms with Crippen LogP contribution in [-0.4, -0.2) is 6.03 Å². The lowest BCUT2D eigenvalue weighted by Crippen LogP contribution is -2.25. The number of nitrogens with one attached hydrogen (secondary N) is 2. The molecule has 0 fully saturated rings. The molecule has 0 heterocycles. The second-order valence-electron chi connectivity index (χ2n) is 5.65. The van der Waals surface area contributed by atoms with E-state index in [1.165, 1.54) is 0 Å². The fourth-order valence-electron chi connectivity index (χ4n) is 2.31. The number of halogens is 1. The van der Waals surface area contributed by atoms with Gasteiger partial charge in [0.2, 0.25) is 0 Å². The van der Waals surface area contributed by atoms with E-state index in [0.29, 0.717) is 10.9 Å². The van der Waals surface area contributed by atoms with Crippen LogP contribution in [0.15, 0.2) is 48.7 Å². The highest BCUT2D eigenvalue weighted by Gasteiger charge is 2.11. The molecule has 23 heavy (non-hydrogen) atoms. The monoisotopic (exact) mass is 328 g/mol. The van der Waals surface area contributed by atoms with Crippen molar-refractivity contribution in [2.75, 3.05) is 5.32 Å². The first-order valence-electron chi connectivity index (χ1n) is 7.57. The van der Waals surface area contributed by atoms with Crippen LogP contribution in [0.3, 0.4) is 0 Å². The normalized spacial score (nSPS) is 11.0. The van der Waals surface area contributed by atoms with E-state index in [1.807, 2.05) is 49.4 Å². The largest absolute Gasteiger partial charge is 0.323 e. The Balaban J connectivity index is 2.05. The van der Waals surface area contributed by atoms with Gasteiger partial charge >= 0.3 is 6.03 Å². The molecule has 0 saturated carbocycles. The summed E-state index contributed by atoms with van der Waals surface area (Å²) in [6, 6.07) is 13.2. The van der Waals surface area contributed by atoms with Gasteiger partial charge in [-0.2, -0.15) is 0 Å². The molecule has 2 amide bonds. The fourth-order valence-corrected chi connectivity index (χ4v) is 2.51. The van der Waals surface area contributed by atoms with E-state index in [2.05, 4.69) is 24.5 Å². The van der Waals surface area contributed by atoms with Crippen molar-refractivity contribution < 1.29 is 4.79 Å². The molecule has 0 unspecified atom stereocenters. The van der Waals surface area contributed by atoms with Crippen molar-refractivity contribution in [3.05, 3.63) is 70.4 Å². The van der Waals surface area contributed by atoms with Crippen molar-refractivity contribution in [1.29, 1.82) is 0 Å². The van der Waals surface area contributed by atoms with Crippen LogP contribution in [0.5, 0.6) is 0 Å². The molecule has 2 aromatic carbocycles. The molecule has 0 aliphatic heterocycles. The predicted octanol–water partition coefficient (Wildman–Crippen LogP) is 5.56. The maximum Gasteiger partial charge on any atom is 0.323 e. The number of urea groups is 1. The number of amides is 2. The number of rotatable bonds is 4. The molecule has 0 aliphatic rings. The van der Waals surface area contributed by atoms with Crippen LogP contribution in [0.4, 0.5) is 10.5 Å². The van der Waals surface area contributed by atoms with Gasteiger partial charge in [-0.05, 0) is 41.7 Å². The van der Waals surface area contributed by atoms with E-state index in [1.54, 1.807) is 12.3 Å². The average Bonchev–Trinajstić information content (AvgIpc) is 2.51. The van der Waals surface area contributed by atoms with Gasteiger partial charge in [0.15, 0.2) is 0 Å². The molecule has 0 spiro atoms. The third-order valence-electron chi connectivity index (χ3n) is 3.55. The van der Waals surface area contributed by atoms with Gasteiger partial charge in [-0.3, -0.25) is 0 Å². The number of benzene rings is 2. The Morgan fingerprint density at radius 2 is 1.87 bits per heavy atom. The van der Waals surface area contributed by atoms with E-state index in [4.69, 9.17) is 11.6 Å². The minimum Gasteiger partial charge on any atom is -0.314 e. The van der Waals surface area contributed by atoms with Gasteiger partial charge in [0.25, 0.3) is 0 Å². The lowest BCUT2D eigenvalue weighted by molar-refractivity contribution is 0.255. The first-order chi connectivity index (χ1) is 11.0. The molecule has 120 valence electrons. The predicted molar refractivity (Wildman–Crippen MR) is 97.9 cm³/mol. The minimum atomic E-state index is -0.274. The zero-order valence-corrected chi connectivity index (χ0v) is 14.3. The topological polar surface area (TPSA) is 41.1 Å². The number of para-hydroxylation sites is 1. The first kappa shape index (κ1) is 17.1. The molecule has 2 N–H and O–H groups in total. The Labute approximate surface area is 142 Å². The summed E-state index contributed by atoms with van der Waals surface area (Å²) in [5, 5.41) is 6.28. The Bertz CT molecular complexity index is 723. The fraction of sp³-hybridized carbons (Fsp3) is 0.211. The Hall–Kier alpha value is -2.26. The maximum absolute atomic E-state index is 12.1. The number of carbonyl (C=O) groups excluding carboxylic acids is 1. The zero-order valence-electron chi connectivity index (χ0n) is 13.6. The van der Waals surface area contributed by atoms with Crippen molar-refractivity contribution in [2.24, 2.45) is 0 Å². The molecule has 0 aromatic heterocycles. The molecule has 0 bridgehead atoms. The van der Waals surface area contributed by atoms with Crippen LogP contribution in [0.2, 0.25) is 5.02 Å². The van der Waals surface area contributed by atoms with Crippen LogP contribution in [0, 0.1) is 6.92 Å². The summed E-state index contributed by atoms with van der Waals surface area (Å²) < 4.78 is 0. The van der Waals surface area contributed by atoms with E-state index in [9.17, 15) is 4.79 Å². The molecule has 0 atom stereocenters. The van der Waals surface area contributed by atoms with E-state index >= 15 is 0 Å². The average molecular weight is 329 g/mol. The van der Waals surface area contributed by atoms with Crippen molar-refractivity contribution in [2.45, 2.75) is 26.7 Å². The van der Waals surface area contributed by atoms with E-state index in [0.717, 1.165) is 22.4 Å². The van der Waals surface area contributed by atoms with Crippen LogP contribution < -0.4 is 10.6 Å². The first-order valence-corrected chi connectivity index (χ1v) is 7.95. The number of carbonyl (C=O) groups is 1. The van der Waals surface area contributed by atoms with Crippen LogP contribution in [0.25, 0.3) is 6.08 Å². The van der Waals surface area contributed by atoms with Gasteiger partial charge in [-0.25, -0.2) is 4.79 Å². The lowest BCUT2D eigenvalue weighted by Gasteiger charge is -2.16. The Morgan fingerprint density at radius 1 is 1.13 bits per heavy atom. The Kier molecular flexibility index (Phi) is 5.83. The lowest BCUT2D eigenvalue weighted by atomic mass is 9.98. The molecule has 4 heteroatoms. The highest BCUT2D eigenvalue weighted by atomic mass is 35.5. The second kappa shape index (κ2) is 7.84. The van der Waals surface area contributed by atoms with Crippen molar-refractivity contribution in [3.8, 4) is 0 Å². The van der Waals surface area contributed by atoms with Crippen LogP contribution in [0.1, 0.15) is 36.5 Å². The van der Waals surface area contributed by atoms with Gasteiger partial charge < -0.3 is 10.6 Å². The van der Waals surface area contributed by atoms with Gasteiger partial charge in [-0.1, -0.05) is 61.8 Å². The number of hydrogen-bond acceptors (Lipinski definition) is 1. The summed E-state index contributed by atoms with van der Waals surface area (Å²) in [4.78, 5) is 12.1. The second-order valence-corrected chi connectivity index (χ2v) is 6.05. The Morgan fingerprint density at radius 3 is 2.57 bits per heavy atom. The number of aryl methyl sites for hydroxylation is 1. The summed E-state index contributed by atoms with van der Waals surface area (Å²) in [6.45, 7) is 6.20. The van der Waals surface area contributed by atoms with Gasteiger partial charge in [0, 0.05) is 16.9 Å². The zero-order chi connectivity index (χ0) is 16.8. The highest BCUT2D eigenvalue weighted by molar-refractivity contribution is 6.32. The van der Waals surface area contributed by atoms with Crippen LogP contribution in [-0.2, 0) is 0 Å². The highest BCUT2D eigenvalue weighted by Crippen LogP contribution is 2.27. The maximum atomic E-state index is 12.1. The summed E-state index contributed by atoms with van der Waals surface area (Å²) in [5.41, 5.74) is 3.89. The van der Waals surface area contributed by atoms with Gasteiger partial charge in [0.05, 0.1) is 0 Å². The van der Waals surface area contributed by atoms with Crippen molar-refractivity contribution in [1.82, 2.24) is 5.32 Å². The molecule has 0 radical (unpaired) electrons. The summed E-state index contributed by atoms with van der Waals surface area (Å²) >= 11 is 6.07. The SMILES string of the molecule is Cc1cccc(C(C)C)c1NC(=O)N/C=C/c1ccccc1Cl. The summed E-state index contributed by atoms with van der Waals surface area (Å²) in [5.74, 6) is 0.337. The molecule has 2 aromatic rings. The molecular formula is C19H21ClN2O. The summed E-state index contributed by atoms with van der Waals surface area (Å²) in [7, 11) is 0. The van der Waals surface area contributed by atoms with Crippen molar-refractivity contribution in [3.63, 3.8) is 0 Å². The van der Waals surface area contributed by atoms with Crippen molar-refractivity contribution >= 4 is 29.4 Å². The smallest absolute Gasteiger partial charge is 0.314 e. The molecule has 3 nitrogen and oxygen atoms in total. The minimum absolute atomic E-state index is 0.274. The van der Waals surface area contributed by atoms with Gasteiger partial charge in [0.1, 0.15) is 0 Å².